The van der Waals surface area contributed by atoms with Gasteiger partial charge in [0.2, 0.25) is 0 Å². The first-order valence-corrected chi connectivity index (χ1v) is 7.09. The van der Waals surface area contributed by atoms with Gasteiger partial charge in [0.15, 0.2) is 4.77 Å². The molecule has 0 atom stereocenters. The van der Waals surface area contributed by atoms with Crippen LogP contribution in [0.25, 0.3) is 11.0 Å². The molecule has 0 fully saturated rings. The summed E-state index contributed by atoms with van der Waals surface area (Å²) in [6.45, 7) is 0.265. The molecule has 120 valence electrons. The summed E-state index contributed by atoms with van der Waals surface area (Å²) in [5.74, 6) is 0. The van der Waals surface area contributed by atoms with Gasteiger partial charge in [-0.2, -0.15) is 18.3 Å². The van der Waals surface area contributed by atoms with Crippen LogP contribution in [0.3, 0.4) is 0 Å². The van der Waals surface area contributed by atoms with E-state index in [1.165, 1.54) is 22.9 Å². The highest BCUT2D eigenvalue weighted by Crippen LogP contribution is 2.29. The molecule has 2 aromatic heterocycles. The number of aromatic amines is 2. The molecule has 3 rings (SSSR count). The number of hydrogen-bond acceptors (Lipinski definition) is 3. The van der Waals surface area contributed by atoms with Gasteiger partial charge < -0.3 is 4.98 Å². The number of halogens is 3. The Kier molecular flexibility index (Phi) is 3.80. The SMILES string of the molecule is O=c1c2cn[nH]c2[nH]c(=S)n1CCc1ccc(C(F)(F)F)cc1. The zero-order valence-corrected chi connectivity index (χ0v) is 12.5. The van der Waals surface area contributed by atoms with Crippen molar-refractivity contribution in [3.05, 3.63) is 56.7 Å². The maximum atomic E-state index is 12.5. The van der Waals surface area contributed by atoms with Gasteiger partial charge in [0.05, 0.1) is 11.8 Å². The van der Waals surface area contributed by atoms with E-state index in [9.17, 15) is 18.0 Å². The Hall–Kier alpha value is -2.42. The number of H-pyrrole nitrogens is 2. The fourth-order valence-electron chi connectivity index (χ4n) is 2.26. The zero-order valence-electron chi connectivity index (χ0n) is 11.6. The number of benzene rings is 1. The van der Waals surface area contributed by atoms with Crippen LogP contribution < -0.4 is 5.56 Å². The Balaban J connectivity index is 1.84. The molecule has 1 aromatic carbocycles. The predicted octanol–water partition coefficient (Wildman–Crippen LogP) is 3.04. The molecule has 0 saturated carbocycles. The van der Waals surface area contributed by atoms with E-state index in [0.717, 1.165) is 12.1 Å². The molecule has 23 heavy (non-hydrogen) atoms. The molecule has 5 nitrogen and oxygen atoms in total. The van der Waals surface area contributed by atoms with Gasteiger partial charge in [-0.25, -0.2) is 0 Å². The quantitative estimate of drug-likeness (QED) is 0.720. The van der Waals surface area contributed by atoms with Crippen LogP contribution in [0.4, 0.5) is 13.2 Å². The number of hydrogen-bond donors (Lipinski definition) is 2. The third-order valence-electron chi connectivity index (χ3n) is 3.50. The van der Waals surface area contributed by atoms with Gasteiger partial charge in [-0.15, -0.1) is 0 Å². The van der Waals surface area contributed by atoms with E-state index in [1.54, 1.807) is 0 Å². The number of aromatic nitrogens is 4. The van der Waals surface area contributed by atoms with E-state index in [4.69, 9.17) is 12.2 Å². The minimum atomic E-state index is -4.36. The molecule has 0 saturated heterocycles. The summed E-state index contributed by atoms with van der Waals surface area (Å²) in [5, 5.41) is 6.78. The van der Waals surface area contributed by atoms with Gasteiger partial charge >= 0.3 is 6.18 Å². The summed E-state index contributed by atoms with van der Waals surface area (Å²) in [7, 11) is 0. The minimum absolute atomic E-state index is 0.235. The molecular formula is C14H11F3N4OS. The van der Waals surface area contributed by atoms with E-state index in [1.807, 2.05) is 0 Å². The fraction of sp³-hybridized carbons (Fsp3) is 0.214. The second kappa shape index (κ2) is 5.65. The molecule has 0 amide bonds. The smallest absolute Gasteiger partial charge is 0.317 e. The summed E-state index contributed by atoms with van der Waals surface area (Å²) < 4.78 is 39.2. The molecular weight excluding hydrogens is 329 g/mol. The van der Waals surface area contributed by atoms with Crippen LogP contribution in [0.1, 0.15) is 11.1 Å². The topological polar surface area (TPSA) is 66.5 Å². The average Bonchev–Trinajstić information content (AvgIpc) is 2.95. The van der Waals surface area contributed by atoms with E-state index in [0.29, 0.717) is 23.0 Å². The minimum Gasteiger partial charge on any atom is -0.317 e. The predicted molar refractivity (Wildman–Crippen MR) is 80.7 cm³/mol. The third-order valence-corrected chi connectivity index (χ3v) is 3.82. The molecule has 0 aliphatic heterocycles. The van der Waals surface area contributed by atoms with Gasteiger partial charge in [-0.05, 0) is 36.3 Å². The van der Waals surface area contributed by atoms with Gasteiger partial charge in [-0.1, -0.05) is 12.1 Å². The molecule has 2 heterocycles. The molecule has 0 bridgehead atoms. The van der Waals surface area contributed by atoms with Crippen LogP contribution in [0, 0.1) is 4.77 Å². The Bertz CT molecular complexity index is 953. The van der Waals surface area contributed by atoms with Gasteiger partial charge in [0.25, 0.3) is 5.56 Å². The van der Waals surface area contributed by atoms with Crippen molar-refractivity contribution in [2.75, 3.05) is 0 Å². The van der Waals surface area contributed by atoms with Crippen molar-refractivity contribution in [2.45, 2.75) is 19.1 Å². The van der Waals surface area contributed by atoms with Crippen molar-refractivity contribution in [2.24, 2.45) is 0 Å². The summed E-state index contributed by atoms with van der Waals surface area (Å²) in [6.07, 6.45) is -2.57. The molecule has 0 unspecified atom stereocenters. The number of aryl methyl sites for hydroxylation is 1. The molecule has 0 aliphatic carbocycles. The average molecular weight is 340 g/mol. The lowest BCUT2D eigenvalue weighted by Crippen LogP contribution is -2.22. The molecule has 9 heteroatoms. The van der Waals surface area contributed by atoms with Crippen LogP contribution in [-0.4, -0.2) is 19.7 Å². The van der Waals surface area contributed by atoms with E-state index in [2.05, 4.69) is 15.2 Å². The second-order valence-corrected chi connectivity index (χ2v) is 5.38. The molecule has 0 aliphatic rings. The Morgan fingerprint density at radius 3 is 2.57 bits per heavy atom. The van der Waals surface area contributed by atoms with E-state index in [-0.39, 0.29) is 16.9 Å². The number of nitrogens with zero attached hydrogens (tertiary/aromatic N) is 2. The second-order valence-electron chi connectivity index (χ2n) is 4.99. The zero-order chi connectivity index (χ0) is 16.6. The number of alkyl halides is 3. The maximum Gasteiger partial charge on any atom is 0.416 e. The number of fused-ring (bicyclic) bond motifs is 1. The van der Waals surface area contributed by atoms with Crippen molar-refractivity contribution >= 4 is 23.3 Å². The van der Waals surface area contributed by atoms with Crippen LogP contribution >= 0.6 is 12.2 Å². The lowest BCUT2D eigenvalue weighted by atomic mass is 10.1. The molecule has 3 aromatic rings. The van der Waals surface area contributed by atoms with Gasteiger partial charge in [0, 0.05) is 6.54 Å². The van der Waals surface area contributed by atoms with Gasteiger partial charge in [0.1, 0.15) is 11.0 Å². The van der Waals surface area contributed by atoms with Crippen molar-refractivity contribution in [3.8, 4) is 0 Å². The van der Waals surface area contributed by atoms with E-state index >= 15 is 0 Å². The molecule has 0 spiro atoms. The monoisotopic (exact) mass is 340 g/mol. The molecule has 0 radical (unpaired) electrons. The standard InChI is InChI=1S/C14H11F3N4OS/c15-14(16,17)9-3-1-8(2-4-9)5-6-21-12(22)10-7-18-20-11(10)19-13(21)23/h1-4,7H,5-6H2,(H2,18,19,20,23). The van der Waals surface area contributed by atoms with Crippen molar-refractivity contribution in [1.82, 2.24) is 19.7 Å². The fourth-order valence-corrected chi connectivity index (χ4v) is 2.54. The van der Waals surface area contributed by atoms with Crippen molar-refractivity contribution < 1.29 is 13.2 Å². The highest BCUT2D eigenvalue weighted by atomic mass is 32.1. The van der Waals surface area contributed by atoms with Crippen molar-refractivity contribution in [3.63, 3.8) is 0 Å². The first-order chi connectivity index (χ1) is 10.9. The van der Waals surface area contributed by atoms with Crippen LogP contribution in [0.15, 0.2) is 35.3 Å². The van der Waals surface area contributed by atoms with Crippen LogP contribution in [0.5, 0.6) is 0 Å². The Labute approximate surface area is 132 Å². The van der Waals surface area contributed by atoms with Crippen molar-refractivity contribution in [1.29, 1.82) is 0 Å². The lowest BCUT2D eigenvalue weighted by Gasteiger charge is -2.09. The normalized spacial score (nSPS) is 12.0. The molecule has 2 N–H and O–H groups in total. The highest BCUT2D eigenvalue weighted by molar-refractivity contribution is 7.71. The lowest BCUT2D eigenvalue weighted by molar-refractivity contribution is -0.137. The first kappa shape index (κ1) is 15.5. The summed E-state index contributed by atoms with van der Waals surface area (Å²) >= 11 is 5.13. The number of nitrogens with one attached hydrogen (secondary N) is 2. The third kappa shape index (κ3) is 3.04. The summed E-state index contributed by atoms with van der Waals surface area (Å²) in [6, 6.07) is 4.85. The van der Waals surface area contributed by atoms with E-state index < -0.39 is 11.7 Å². The maximum absolute atomic E-state index is 12.5. The summed E-state index contributed by atoms with van der Waals surface area (Å²) in [5.41, 5.74) is 0.150. The van der Waals surface area contributed by atoms with Crippen LogP contribution in [-0.2, 0) is 19.1 Å². The Morgan fingerprint density at radius 1 is 1.22 bits per heavy atom. The Morgan fingerprint density at radius 2 is 1.91 bits per heavy atom. The van der Waals surface area contributed by atoms with Gasteiger partial charge in [-0.3, -0.25) is 14.5 Å². The summed E-state index contributed by atoms with van der Waals surface area (Å²) in [4.78, 5) is 15.1. The largest absolute Gasteiger partial charge is 0.416 e. The first-order valence-electron chi connectivity index (χ1n) is 6.68. The number of rotatable bonds is 3. The van der Waals surface area contributed by atoms with Crippen LogP contribution in [0.2, 0.25) is 0 Å². The highest BCUT2D eigenvalue weighted by Gasteiger charge is 2.29.